The van der Waals surface area contributed by atoms with E-state index in [1.54, 1.807) is 12.3 Å². The number of anilines is 3. The van der Waals surface area contributed by atoms with E-state index >= 15 is 0 Å². The summed E-state index contributed by atoms with van der Waals surface area (Å²) in [6.45, 7) is 3.08. The first-order valence-electron chi connectivity index (χ1n) is 11.2. The van der Waals surface area contributed by atoms with Crippen molar-refractivity contribution in [2.75, 3.05) is 48.3 Å². The van der Waals surface area contributed by atoms with Gasteiger partial charge in [0.05, 0.1) is 22.8 Å². The van der Waals surface area contributed by atoms with Gasteiger partial charge in [-0.25, -0.2) is 9.97 Å². The lowest BCUT2D eigenvalue weighted by molar-refractivity contribution is -0.131. The molecule has 6 rings (SSSR count). The fourth-order valence-corrected chi connectivity index (χ4v) is 4.48. The van der Waals surface area contributed by atoms with Crippen LogP contribution < -0.4 is 20.3 Å². The van der Waals surface area contributed by atoms with Gasteiger partial charge in [0.2, 0.25) is 5.91 Å². The lowest BCUT2D eigenvalue weighted by Gasteiger charge is -2.36. The maximum absolute atomic E-state index is 12.7. The zero-order valence-electron chi connectivity index (χ0n) is 18.1. The van der Waals surface area contributed by atoms with E-state index in [4.69, 9.17) is 16.3 Å². The number of benzene rings is 1. The van der Waals surface area contributed by atoms with Crippen LogP contribution in [0.4, 0.5) is 17.3 Å². The monoisotopic (exact) mass is 468 g/mol. The summed E-state index contributed by atoms with van der Waals surface area (Å²) in [5, 5.41) is 6.53. The zero-order chi connectivity index (χ0) is 22.8. The van der Waals surface area contributed by atoms with Gasteiger partial charge in [-0.1, -0.05) is 11.6 Å². The smallest absolute Gasteiger partial charge is 0.259 e. The van der Waals surface area contributed by atoms with Crippen LogP contribution in [0.3, 0.4) is 0 Å². The number of amides is 2. The van der Waals surface area contributed by atoms with Crippen molar-refractivity contribution in [3.8, 4) is 5.75 Å². The number of halogens is 1. The van der Waals surface area contributed by atoms with Gasteiger partial charge in [0.15, 0.2) is 0 Å². The van der Waals surface area contributed by atoms with Gasteiger partial charge in [-0.3, -0.25) is 9.59 Å². The summed E-state index contributed by atoms with van der Waals surface area (Å²) in [5.41, 5.74) is 1.87. The molecular weight excluding hydrogens is 444 g/mol. The average Bonchev–Trinajstić information content (AvgIpc) is 3.15. The van der Waals surface area contributed by atoms with Crippen molar-refractivity contribution >= 4 is 46.3 Å². The largest absolute Gasteiger partial charge is 0.492 e. The number of aromatic nitrogens is 2. The second kappa shape index (κ2) is 9.27. The van der Waals surface area contributed by atoms with Crippen LogP contribution in [-0.4, -0.2) is 59.5 Å². The van der Waals surface area contributed by atoms with E-state index in [-0.39, 0.29) is 11.8 Å². The molecule has 2 N–H and O–H groups in total. The molecule has 0 spiro atoms. The number of carbonyl (C=O) groups is 2. The van der Waals surface area contributed by atoms with Crippen LogP contribution in [0.5, 0.6) is 5.75 Å². The van der Waals surface area contributed by atoms with Crippen LogP contribution >= 0.6 is 11.6 Å². The minimum Gasteiger partial charge on any atom is -0.492 e. The van der Waals surface area contributed by atoms with E-state index in [0.717, 1.165) is 24.9 Å². The molecule has 2 aromatic rings. The summed E-state index contributed by atoms with van der Waals surface area (Å²) in [4.78, 5) is 38.1. The van der Waals surface area contributed by atoms with Gasteiger partial charge in [-0.05, 0) is 31.4 Å². The number of fused-ring (bicyclic) bond motifs is 9. The maximum Gasteiger partial charge on any atom is 0.259 e. The summed E-state index contributed by atoms with van der Waals surface area (Å²) in [6, 6.07) is 5.40. The van der Waals surface area contributed by atoms with Gasteiger partial charge in [0.25, 0.3) is 5.91 Å². The first kappa shape index (κ1) is 21.5. The molecular formula is C23H25ClN6O3. The van der Waals surface area contributed by atoms with Gasteiger partial charge in [0, 0.05) is 50.6 Å². The predicted octanol–water partition coefficient (Wildman–Crippen LogP) is 3.14. The number of carbonyl (C=O) groups excluding carboxylic acids is 2. The third-order valence-corrected chi connectivity index (χ3v) is 6.42. The number of ether oxygens (including phenoxy) is 1. The van der Waals surface area contributed by atoms with Crippen molar-refractivity contribution in [1.29, 1.82) is 0 Å². The van der Waals surface area contributed by atoms with Crippen LogP contribution in [0.15, 0.2) is 30.7 Å². The average molecular weight is 469 g/mol. The number of nitrogens with zero attached hydrogens (tertiary/aromatic N) is 4. The fourth-order valence-electron chi connectivity index (χ4n) is 4.31. The second-order valence-corrected chi connectivity index (χ2v) is 8.66. The van der Waals surface area contributed by atoms with Gasteiger partial charge >= 0.3 is 0 Å². The molecule has 2 amide bonds. The topological polar surface area (TPSA) is 99.7 Å². The van der Waals surface area contributed by atoms with Gasteiger partial charge < -0.3 is 25.2 Å². The molecule has 0 saturated carbocycles. The molecule has 1 aromatic heterocycles. The number of rotatable bonds is 0. The standard InChI is InChI=1S/C23H25ClN6O3/c24-17-6-5-15-12-18(17)33-11-3-1-2-4-19(31)29-7-9-30(10-8-29)22-20-16(13-25-15)23(32)28-21(20)26-14-27-22/h5-6,12-14,25H,1-4,7-11H2,(H,26,27,28,32)/b16-13-. The van der Waals surface area contributed by atoms with Crippen LogP contribution in [0, 0.1) is 0 Å². The summed E-state index contributed by atoms with van der Waals surface area (Å²) >= 11 is 6.30. The number of piperazine rings is 1. The van der Waals surface area contributed by atoms with E-state index in [0.29, 0.717) is 72.8 Å². The molecule has 0 aliphatic carbocycles. The Morgan fingerprint density at radius 1 is 1.00 bits per heavy atom. The normalized spacial score (nSPS) is 20.5. The fraction of sp³-hybridized carbons (Fsp3) is 0.391. The Hall–Kier alpha value is -3.33. The van der Waals surface area contributed by atoms with Crippen molar-refractivity contribution in [2.24, 2.45) is 0 Å². The predicted molar refractivity (Wildman–Crippen MR) is 126 cm³/mol. The molecule has 5 heterocycles. The van der Waals surface area contributed by atoms with Crippen molar-refractivity contribution in [1.82, 2.24) is 14.9 Å². The number of nitrogens with one attached hydrogen (secondary N) is 2. The first-order chi connectivity index (χ1) is 16.1. The summed E-state index contributed by atoms with van der Waals surface area (Å²) in [5.74, 6) is 1.69. The molecule has 172 valence electrons. The lowest BCUT2D eigenvalue weighted by atomic mass is 10.1. The Labute approximate surface area is 196 Å². The minimum atomic E-state index is -0.246. The Morgan fingerprint density at radius 3 is 2.67 bits per heavy atom. The quantitative estimate of drug-likeness (QED) is 0.612. The van der Waals surface area contributed by atoms with Gasteiger partial charge in [-0.2, -0.15) is 0 Å². The molecule has 1 saturated heterocycles. The molecule has 0 atom stereocenters. The highest BCUT2D eigenvalue weighted by Gasteiger charge is 2.32. The highest BCUT2D eigenvalue weighted by Crippen LogP contribution is 2.37. The van der Waals surface area contributed by atoms with Crippen molar-refractivity contribution in [3.63, 3.8) is 0 Å². The Morgan fingerprint density at radius 2 is 1.82 bits per heavy atom. The lowest BCUT2D eigenvalue weighted by Crippen LogP contribution is -2.49. The molecule has 33 heavy (non-hydrogen) atoms. The summed E-state index contributed by atoms with van der Waals surface area (Å²) < 4.78 is 5.87. The maximum atomic E-state index is 12.7. The Bertz CT molecular complexity index is 1110. The van der Waals surface area contributed by atoms with Crippen LogP contribution in [-0.2, 0) is 9.59 Å². The van der Waals surface area contributed by atoms with Crippen LogP contribution in [0.25, 0.3) is 5.57 Å². The SMILES string of the molecule is O=C1Nc2ncnc3c2/C1=C/Nc1ccc(Cl)c(c1)OCCCCCC(=O)N1CCN3CC1. The van der Waals surface area contributed by atoms with E-state index in [2.05, 4.69) is 25.5 Å². The highest BCUT2D eigenvalue weighted by molar-refractivity contribution is 6.33. The molecule has 0 unspecified atom stereocenters. The molecule has 1 aromatic carbocycles. The Kier molecular flexibility index (Phi) is 6.04. The van der Waals surface area contributed by atoms with E-state index in [9.17, 15) is 9.59 Å². The number of hydrogen-bond acceptors (Lipinski definition) is 7. The zero-order valence-corrected chi connectivity index (χ0v) is 18.9. The summed E-state index contributed by atoms with van der Waals surface area (Å²) in [7, 11) is 0. The van der Waals surface area contributed by atoms with Crippen molar-refractivity contribution in [3.05, 3.63) is 41.3 Å². The molecule has 0 radical (unpaired) electrons. The molecule has 4 aliphatic heterocycles. The van der Waals surface area contributed by atoms with Crippen LogP contribution in [0.2, 0.25) is 5.02 Å². The van der Waals surface area contributed by atoms with E-state index in [1.807, 2.05) is 17.0 Å². The minimum absolute atomic E-state index is 0.179. The van der Waals surface area contributed by atoms with Crippen LogP contribution in [0.1, 0.15) is 31.2 Å². The van der Waals surface area contributed by atoms with Crippen molar-refractivity contribution < 1.29 is 14.3 Å². The molecule has 4 bridgehead atoms. The van der Waals surface area contributed by atoms with Gasteiger partial charge in [0.1, 0.15) is 23.7 Å². The number of hydrogen-bond donors (Lipinski definition) is 2. The molecule has 4 aliphatic rings. The van der Waals surface area contributed by atoms with E-state index < -0.39 is 0 Å². The van der Waals surface area contributed by atoms with Gasteiger partial charge in [-0.15, -0.1) is 0 Å². The van der Waals surface area contributed by atoms with Crippen molar-refractivity contribution in [2.45, 2.75) is 25.7 Å². The third-order valence-electron chi connectivity index (χ3n) is 6.11. The first-order valence-corrected chi connectivity index (χ1v) is 11.6. The Balaban J connectivity index is 1.49. The molecule has 1 fully saturated rings. The second-order valence-electron chi connectivity index (χ2n) is 8.25. The third kappa shape index (κ3) is 4.45. The van der Waals surface area contributed by atoms with E-state index in [1.165, 1.54) is 6.33 Å². The summed E-state index contributed by atoms with van der Waals surface area (Å²) in [6.07, 6.45) is 6.24. The molecule has 10 heteroatoms. The molecule has 9 nitrogen and oxygen atoms in total. The highest BCUT2D eigenvalue weighted by atomic mass is 35.5.